The number of benzene rings is 1. The molecule has 2 aromatic rings. The van der Waals surface area contributed by atoms with E-state index in [4.69, 9.17) is 4.74 Å². The summed E-state index contributed by atoms with van der Waals surface area (Å²) in [4.78, 5) is 12.3. The molecule has 1 saturated heterocycles. The SMILES string of the molecule is C=CCNC(=O)c1cc(-c2ccc(OC)cc2)n([C@H]2CCS(=O)(=O)C2)n1. The Morgan fingerprint density at radius 3 is 2.73 bits per heavy atom. The summed E-state index contributed by atoms with van der Waals surface area (Å²) in [5.74, 6) is 0.565. The third-order valence-corrected chi connectivity index (χ3v) is 6.07. The number of amides is 1. The Hall–Kier alpha value is -2.61. The lowest BCUT2D eigenvalue weighted by Crippen LogP contribution is -2.24. The van der Waals surface area contributed by atoms with Crippen LogP contribution in [0.25, 0.3) is 11.3 Å². The van der Waals surface area contributed by atoms with Gasteiger partial charge < -0.3 is 10.1 Å². The maximum Gasteiger partial charge on any atom is 0.272 e. The van der Waals surface area contributed by atoms with Gasteiger partial charge in [-0.3, -0.25) is 9.48 Å². The van der Waals surface area contributed by atoms with Crippen LogP contribution in [0.3, 0.4) is 0 Å². The molecule has 7 nitrogen and oxygen atoms in total. The van der Waals surface area contributed by atoms with Crippen molar-refractivity contribution >= 4 is 15.7 Å². The quantitative estimate of drug-likeness (QED) is 0.778. The molecule has 2 heterocycles. The van der Waals surface area contributed by atoms with Gasteiger partial charge in [0.2, 0.25) is 0 Å². The van der Waals surface area contributed by atoms with E-state index in [0.29, 0.717) is 24.4 Å². The summed E-state index contributed by atoms with van der Waals surface area (Å²) in [5.41, 5.74) is 1.80. The molecule has 3 rings (SSSR count). The highest BCUT2D eigenvalue weighted by Crippen LogP contribution is 2.30. The van der Waals surface area contributed by atoms with E-state index < -0.39 is 9.84 Å². The molecule has 0 saturated carbocycles. The topological polar surface area (TPSA) is 90.3 Å². The molecule has 0 spiro atoms. The standard InChI is InChI=1S/C18H21N3O4S/c1-3-9-19-18(22)16-11-17(13-4-6-15(25-2)7-5-13)21(20-16)14-8-10-26(23,24)12-14/h3-7,11,14H,1,8-10,12H2,2H3,(H,19,22)/t14-/m0/s1. The number of hydrogen-bond donors (Lipinski definition) is 1. The zero-order valence-electron chi connectivity index (χ0n) is 14.5. The molecule has 1 fully saturated rings. The number of carbonyl (C=O) groups excluding carboxylic acids is 1. The van der Waals surface area contributed by atoms with Crippen molar-refractivity contribution in [2.24, 2.45) is 0 Å². The van der Waals surface area contributed by atoms with E-state index in [9.17, 15) is 13.2 Å². The zero-order valence-corrected chi connectivity index (χ0v) is 15.3. The molecule has 8 heteroatoms. The Morgan fingerprint density at radius 1 is 1.42 bits per heavy atom. The molecule has 1 aliphatic heterocycles. The fourth-order valence-electron chi connectivity index (χ4n) is 2.98. The molecule has 1 N–H and O–H groups in total. The van der Waals surface area contributed by atoms with Gasteiger partial charge in [-0.2, -0.15) is 5.10 Å². The summed E-state index contributed by atoms with van der Waals surface area (Å²) >= 11 is 0. The van der Waals surface area contributed by atoms with Crippen LogP contribution < -0.4 is 10.1 Å². The third-order valence-electron chi connectivity index (χ3n) is 4.32. The number of carbonyl (C=O) groups is 1. The van der Waals surface area contributed by atoms with Crippen LogP contribution in [-0.4, -0.2) is 49.3 Å². The van der Waals surface area contributed by atoms with E-state index in [2.05, 4.69) is 17.0 Å². The van der Waals surface area contributed by atoms with Crippen molar-refractivity contribution < 1.29 is 17.9 Å². The molecule has 1 aromatic carbocycles. The van der Waals surface area contributed by atoms with E-state index in [1.807, 2.05) is 24.3 Å². The molecular formula is C18H21N3O4S. The van der Waals surface area contributed by atoms with Gasteiger partial charge in [0.15, 0.2) is 15.5 Å². The summed E-state index contributed by atoms with van der Waals surface area (Å²) in [5, 5.41) is 7.10. The van der Waals surface area contributed by atoms with Crippen LogP contribution in [0.5, 0.6) is 5.75 Å². The number of rotatable bonds is 6. The fourth-order valence-corrected chi connectivity index (χ4v) is 4.68. The Labute approximate surface area is 152 Å². The van der Waals surface area contributed by atoms with Crippen LogP contribution >= 0.6 is 0 Å². The van der Waals surface area contributed by atoms with Crippen molar-refractivity contribution in [2.75, 3.05) is 25.2 Å². The number of methoxy groups -OCH3 is 1. The van der Waals surface area contributed by atoms with Gasteiger partial charge in [0.25, 0.3) is 5.91 Å². The average Bonchev–Trinajstić information content (AvgIpc) is 3.23. The van der Waals surface area contributed by atoms with E-state index >= 15 is 0 Å². The van der Waals surface area contributed by atoms with Crippen LogP contribution in [-0.2, 0) is 9.84 Å². The van der Waals surface area contributed by atoms with Gasteiger partial charge in [0.1, 0.15) is 5.75 Å². The maximum absolute atomic E-state index is 12.3. The van der Waals surface area contributed by atoms with Crippen molar-refractivity contribution in [3.05, 3.63) is 48.7 Å². The summed E-state index contributed by atoms with van der Waals surface area (Å²) in [6.07, 6.45) is 2.07. The second kappa shape index (κ2) is 7.33. The maximum atomic E-state index is 12.3. The lowest BCUT2D eigenvalue weighted by molar-refractivity contribution is 0.0952. The number of hydrogen-bond acceptors (Lipinski definition) is 5. The van der Waals surface area contributed by atoms with Gasteiger partial charge >= 0.3 is 0 Å². The Balaban J connectivity index is 2.00. The highest BCUT2D eigenvalue weighted by molar-refractivity contribution is 7.91. The van der Waals surface area contributed by atoms with E-state index in [1.54, 1.807) is 23.9 Å². The van der Waals surface area contributed by atoms with Gasteiger partial charge in [0, 0.05) is 12.1 Å². The molecule has 0 radical (unpaired) electrons. The molecule has 0 bridgehead atoms. The van der Waals surface area contributed by atoms with Crippen LogP contribution in [0, 0.1) is 0 Å². The summed E-state index contributed by atoms with van der Waals surface area (Å²) in [7, 11) is -1.49. The largest absolute Gasteiger partial charge is 0.497 e. The molecule has 138 valence electrons. The van der Waals surface area contributed by atoms with Crippen molar-refractivity contribution in [1.29, 1.82) is 0 Å². The van der Waals surface area contributed by atoms with E-state index in [1.165, 1.54) is 0 Å². The first-order valence-corrected chi connectivity index (χ1v) is 10.1. The predicted octanol–water partition coefficient (Wildman–Crippen LogP) is 1.83. The van der Waals surface area contributed by atoms with E-state index in [0.717, 1.165) is 5.56 Å². The van der Waals surface area contributed by atoms with Gasteiger partial charge in [-0.05, 0) is 36.8 Å². The van der Waals surface area contributed by atoms with Crippen molar-refractivity contribution in [3.63, 3.8) is 0 Å². The minimum absolute atomic E-state index is 0.0333. The summed E-state index contributed by atoms with van der Waals surface area (Å²) in [6, 6.07) is 8.76. The van der Waals surface area contributed by atoms with Crippen LogP contribution in [0.4, 0.5) is 0 Å². The molecule has 1 amide bonds. The Morgan fingerprint density at radius 2 is 2.15 bits per heavy atom. The molecule has 26 heavy (non-hydrogen) atoms. The second-order valence-corrected chi connectivity index (χ2v) is 8.37. The second-order valence-electron chi connectivity index (χ2n) is 6.14. The number of nitrogens with one attached hydrogen (secondary N) is 1. The normalized spacial score (nSPS) is 18.4. The highest BCUT2D eigenvalue weighted by atomic mass is 32.2. The monoisotopic (exact) mass is 375 g/mol. The number of ether oxygens (including phenoxy) is 1. The highest BCUT2D eigenvalue weighted by Gasteiger charge is 2.32. The van der Waals surface area contributed by atoms with Crippen molar-refractivity contribution in [2.45, 2.75) is 12.5 Å². The molecule has 0 aliphatic carbocycles. The van der Waals surface area contributed by atoms with Gasteiger partial charge in [0.05, 0.1) is 30.4 Å². The first-order chi connectivity index (χ1) is 12.4. The first-order valence-electron chi connectivity index (χ1n) is 8.27. The molecule has 1 aromatic heterocycles. The fraction of sp³-hybridized carbons (Fsp3) is 0.333. The average molecular weight is 375 g/mol. The Bertz CT molecular complexity index is 916. The van der Waals surface area contributed by atoms with Crippen LogP contribution in [0.2, 0.25) is 0 Å². The van der Waals surface area contributed by atoms with E-state index in [-0.39, 0.29) is 29.1 Å². The van der Waals surface area contributed by atoms with Crippen molar-refractivity contribution in [3.8, 4) is 17.0 Å². The van der Waals surface area contributed by atoms with Gasteiger partial charge in [-0.1, -0.05) is 6.08 Å². The van der Waals surface area contributed by atoms with Gasteiger partial charge in [-0.25, -0.2) is 8.42 Å². The Kier molecular flexibility index (Phi) is 5.13. The van der Waals surface area contributed by atoms with Crippen molar-refractivity contribution in [1.82, 2.24) is 15.1 Å². The number of aromatic nitrogens is 2. The predicted molar refractivity (Wildman–Crippen MR) is 99.1 cm³/mol. The van der Waals surface area contributed by atoms with Gasteiger partial charge in [-0.15, -0.1) is 6.58 Å². The summed E-state index contributed by atoms with van der Waals surface area (Å²) in [6.45, 7) is 3.91. The lowest BCUT2D eigenvalue weighted by atomic mass is 10.1. The first kappa shape index (κ1) is 18.2. The smallest absolute Gasteiger partial charge is 0.272 e. The minimum Gasteiger partial charge on any atom is -0.497 e. The molecule has 1 atom stereocenters. The van der Waals surface area contributed by atoms with Crippen LogP contribution in [0.1, 0.15) is 23.0 Å². The number of nitrogens with zero attached hydrogens (tertiary/aromatic N) is 2. The molecular weight excluding hydrogens is 354 g/mol. The minimum atomic E-state index is -3.07. The lowest BCUT2D eigenvalue weighted by Gasteiger charge is -2.13. The molecule has 1 aliphatic rings. The summed E-state index contributed by atoms with van der Waals surface area (Å²) < 4.78 is 30.6. The third kappa shape index (κ3) is 3.80. The van der Waals surface area contributed by atoms with Crippen LogP contribution in [0.15, 0.2) is 43.0 Å². The number of sulfone groups is 1. The zero-order chi connectivity index (χ0) is 18.7. The molecule has 0 unspecified atom stereocenters.